The van der Waals surface area contributed by atoms with Crippen LogP contribution >= 0.6 is 0 Å². The van der Waals surface area contributed by atoms with Crippen LogP contribution < -0.4 is 5.32 Å². The summed E-state index contributed by atoms with van der Waals surface area (Å²) in [6.07, 6.45) is 6.68. The molecule has 1 N–H and O–H groups in total. The fourth-order valence-electron chi connectivity index (χ4n) is 4.00. The molecule has 1 amide bonds. The molecule has 1 heterocycles. The summed E-state index contributed by atoms with van der Waals surface area (Å²) < 4.78 is 1.91. The molecule has 32 heavy (non-hydrogen) atoms. The zero-order valence-electron chi connectivity index (χ0n) is 19.7. The summed E-state index contributed by atoms with van der Waals surface area (Å²) in [7, 11) is 0. The summed E-state index contributed by atoms with van der Waals surface area (Å²) in [5.41, 5.74) is 5.24. The third-order valence-electron chi connectivity index (χ3n) is 5.59. The van der Waals surface area contributed by atoms with Crippen molar-refractivity contribution in [3.63, 3.8) is 0 Å². The van der Waals surface area contributed by atoms with Gasteiger partial charge in [-0.15, -0.1) is 0 Å². The Morgan fingerprint density at radius 2 is 1.66 bits per heavy atom. The summed E-state index contributed by atoms with van der Waals surface area (Å²) in [6, 6.07) is 20.1. The molecule has 2 aromatic carbocycles. The number of amides is 1. The molecule has 0 saturated carbocycles. The number of hydrogen-bond donors (Lipinski definition) is 1. The Labute approximate surface area is 191 Å². The summed E-state index contributed by atoms with van der Waals surface area (Å²) in [6.45, 7) is 10.3. The topological polar surface area (TPSA) is 46.9 Å². The van der Waals surface area contributed by atoms with Crippen LogP contribution in [0.3, 0.4) is 0 Å². The van der Waals surface area contributed by atoms with E-state index in [0.717, 1.165) is 22.5 Å². The van der Waals surface area contributed by atoms with Crippen LogP contribution in [0.25, 0.3) is 11.3 Å². The third kappa shape index (κ3) is 4.91. The first kappa shape index (κ1) is 23.3. The number of allylic oxidation sites excluding steroid dienone is 4. The second kappa shape index (κ2) is 10.8. The highest BCUT2D eigenvalue weighted by molar-refractivity contribution is 6.01. The molecule has 0 aliphatic rings. The van der Waals surface area contributed by atoms with Crippen LogP contribution in [0, 0.1) is 5.92 Å². The van der Waals surface area contributed by atoms with Gasteiger partial charge in [0.2, 0.25) is 0 Å². The summed E-state index contributed by atoms with van der Waals surface area (Å²) in [5.74, 6) is 0.154. The molecule has 1 aromatic heterocycles. The van der Waals surface area contributed by atoms with Crippen molar-refractivity contribution < 1.29 is 4.79 Å². The fourth-order valence-corrected chi connectivity index (χ4v) is 4.00. The van der Waals surface area contributed by atoms with Gasteiger partial charge in [-0.1, -0.05) is 87.5 Å². The lowest BCUT2D eigenvalue weighted by molar-refractivity contribution is 0.0924. The predicted molar refractivity (Wildman–Crippen MR) is 133 cm³/mol. The van der Waals surface area contributed by atoms with Gasteiger partial charge in [0.1, 0.15) is 5.69 Å². The van der Waals surface area contributed by atoms with Gasteiger partial charge in [-0.25, -0.2) is 4.68 Å². The fraction of sp³-hybridized carbons (Fsp3) is 0.286. The molecule has 166 valence electrons. The zero-order valence-corrected chi connectivity index (χ0v) is 19.7. The average molecular weight is 428 g/mol. The normalized spacial score (nSPS) is 13.0. The van der Waals surface area contributed by atoms with E-state index in [0.29, 0.717) is 17.7 Å². The quantitative estimate of drug-likeness (QED) is 0.415. The van der Waals surface area contributed by atoms with Gasteiger partial charge in [-0.2, -0.15) is 5.10 Å². The average Bonchev–Trinajstić information content (AvgIpc) is 3.21. The minimum atomic E-state index is -0.0922. The SMILES string of the molecule is C/C=C\C(=C/C)c1nn(-c2ccccc2)c(CC)c1C(=O)NC(c1ccccc1)C(C)C. The molecule has 0 bridgehead atoms. The van der Waals surface area contributed by atoms with Crippen LogP contribution in [0.4, 0.5) is 0 Å². The molecule has 4 nitrogen and oxygen atoms in total. The van der Waals surface area contributed by atoms with Crippen molar-refractivity contribution >= 4 is 11.5 Å². The van der Waals surface area contributed by atoms with Crippen molar-refractivity contribution in [2.24, 2.45) is 5.92 Å². The van der Waals surface area contributed by atoms with Gasteiger partial charge in [0.15, 0.2) is 0 Å². The van der Waals surface area contributed by atoms with Crippen molar-refractivity contribution in [2.45, 2.75) is 47.1 Å². The van der Waals surface area contributed by atoms with Gasteiger partial charge < -0.3 is 5.32 Å². The number of benzene rings is 2. The van der Waals surface area contributed by atoms with E-state index in [1.165, 1.54) is 0 Å². The number of nitrogens with zero attached hydrogens (tertiary/aromatic N) is 2. The van der Waals surface area contributed by atoms with E-state index in [1.54, 1.807) is 0 Å². The van der Waals surface area contributed by atoms with Crippen LogP contribution in [0.2, 0.25) is 0 Å². The zero-order chi connectivity index (χ0) is 23.1. The predicted octanol–water partition coefficient (Wildman–Crippen LogP) is 6.54. The van der Waals surface area contributed by atoms with Gasteiger partial charge in [0, 0.05) is 0 Å². The van der Waals surface area contributed by atoms with Crippen LogP contribution in [-0.4, -0.2) is 15.7 Å². The molecule has 1 unspecified atom stereocenters. The van der Waals surface area contributed by atoms with E-state index in [4.69, 9.17) is 5.10 Å². The largest absolute Gasteiger partial charge is 0.345 e. The van der Waals surface area contributed by atoms with Crippen molar-refractivity contribution in [3.05, 3.63) is 101 Å². The molecular formula is C28H33N3O. The molecular weight excluding hydrogens is 394 g/mol. The lowest BCUT2D eigenvalue weighted by Gasteiger charge is -2.23. The Hall–Kier alpha value is -3.40. The monoisotopic (exact) mass is 427 g/mol. The van der Waals surface area contributed by atoms with E-state index < -0.39 is 0 Å². The van der Waals surface area contributed by atoms with Crippen molar-refractivity contribution in [3.8, 4) is 5.69 Å². The summed E-state index contributed by atoms with van der Waals surface area (Å²) in [4.78, 5) is 13.8. The molecule has 0 spiro atoms. The second-order valence-electron chi connectivity index (χ2n) is 8.12. The number of aromatic nitrogens is 2. The first-order chi connectivity index (χ1) is 15.5. The van der Waals surface area contributed by atoms with Crippen LogP contribution in [0.1, 0.15) is 68.0 Å². The van der Waals surface area contributed by atoms with Crippen LogP contribution in [-0.2, 0) is 6.42 Å². The first-order valence-electron chi connectivity index (χ1n) is 11.3. The van der Waals surface area contributed by atoms with Crippen molar-refractivity contribution in [1.29, 1.82) is 0 Å². The highest BCUT2D eigenvalue weighted by Crippen LogP contribution is 2.28. The van der Waals surface area contributed by atoms with Crippen LogP contribution in [0.15, 0.2) is 78.9 Å². The minimum Gasteiger partial charge on any atom is -0.345 e. The van der Waals surface area contributed by atoms with E-state index in [9.17, 15) is 4.79 Å². The maximum atomic E-state index is 13.8. The van der Waals surface area contributed by atoms with E-state index >= 15 is 0 Å². The standard InChI is InChI=1S/C28H33N3O/c1-6-15-21(7-2)27-25(24(8-3)31(30-27)23-18-13-10-14-19-23)28(32)29-26(20(4)5)22-16-11-9-12-17-22/h6-7,9-20,26H,8H2,1-5H3,(H,29,32)/b15-6-,21-7+. The number of nitrogens with one attached hydrogen (secondary N) is 1. The van der Waals surface area contributed by atoms with Gasteiger partial charge in [-0.05, 0) is 49.5 Å². The molecule has 0 saturated heterocycles. The number of carbonyl (C=O) groups excluding carboxylic acids is 1. The molecule has 0 fully saturated rings. The first-order valence-corrected chi connectivity index (χ1v) is 11.3. The Bertz CT molecular complexity index is 1090. The highest BCUT2D eigenvalue weighted by atomic mass is 16.1. The summed E-state index contributed by atoms with van der Waals surface area (Å²) in [5, 5.41) is 8.23. The van der Waals surface area contributed by atoms with Crippen molar-refractivity contribution in [2.75, 3.05) is 0 Å². The highest BCUT2D eigenvalue weighted by Gasteiger charge is 2.27. The minimum absolute atomic E-state index is 0.0860. The third-order valence-corrected chi connectivity index (χ3v) is 5.59. The molecule has 0 aliphatic carbocycles. The lowest BCUT2D eigenvalue weighted by Crippen LogP contribution is -2.32. The maximum absolute atomic E-state index is 13.8. The Kier molecular flexibility index (Phi) is 7.82. The molecule has 3 rings (SSSR count). The Balaban J connectivity index is 2.14. The summed E-state index contributed by atoms with van der Waals surface area (Å²) >= 11 is 0. The number of para-hydroxylation sites is 1. The molecule has 4 heteroatoms. The van der Waals surface area contributed by atoms with Gasteiger partial charge in [0.25, 0.3) is 5.91 Å². The van der Waals surface area contributed by atoms with Gasteiger partial charge in [0.05, 0.1) is 23.0 Å². The smallest absolute Gasteiger partial charge is 0.255 e. The van der Waals surface area contributed by atoms with Gasteiger partial charge in [-0.3, -0.25) is 4.79 Å². The second-order valence-corrected chi connectivity index (χ2v) is 8.12. The molecule has 3 aromatic rings. The molecule has 1 atom stereocenters. The molecule has 0 aliphatic heterocycles. The lowest BCUT2D eigenvalue weighted by atomic mass is 9.95. The number of hydrogen-bond acceptors (Lipinski definition) is 2. The van der Waals surface area contributed by atoms with Crippen LogP contribution in [0.5, 0.6) is 0 Å². The number of rotatable bonds is 8. The number of carbonyl (C=O) groups is 1. The maximum Gasteiger partial charge on any atom is 0.255 e. The van der Waals surface area contributed by atoms with Gasteiger partial charge >= 0.3 is 0 Å². The van der Waals surface area contributed by atoms with E-state index in [2.05, 4.69) is 38.2 Å². The molecule has 0 radical (unpaired) electrons. The Morgan fingerprint density at radius 3 is 2.19 bits per heavy atom. The van der Waals surface area contributed by atoms with E-state index in [-0.39, 0.29) is 17.9 Å². The van der Waals surface area contributed by atoms with Crippen molar-refractivity contribution in [1.82, 2.24) is 15.1 Å². The Morgan fingerprint density at radius 1 is 1.03 bits per heavy atom. The van der Waals surface area contributed by atoms with E-state index in [1.807, 2.05) is 85.3 Å².